The van der Waals surface area contributed by atoms with Gasteiger partial charge in [0.15, 0.2) is 11.6 Å². The Balaban J connectivity index is 2.03. The van der Waals surface area contributed by atoms with E-state index in [1.165, 1.54) is 6.33 Å². The molecule has 2 heterocycles. The quantitative estimate of drug-likeness (QED) is 0.751. The van der Waals surface area contributed by atoms with Crippen molar-refractivity contribution in [3.63, 3.8) is 0 Å². The molecule has 2 aromatic rings. The molecule has 6 heteroatoms. The minimum atomic E-state index is 0.381. The Morgan fingerprint density at radius 1 is 1.13 bits per heavy atom. The second-order valence-corrected chi connectivity index (χ2v) is 2.84. The highest BCUT2D eigenvalue weighted by Gasteiger charge is 2.00. The van der Waals surface area contributed by atoms with Crippen LogP contribution in [-0.2, 0) is 6.54 Å². The topological polar surface area (TPSA) is 89.6 Å². The van der Waals surface area contributed by atoms with Crippen molar-refractivity contribution in [1.82, 2.24) is 19.9 Å². The zero-order valence-electron chi connectivity index (χ0n) is 7.96. The number of nitrogens with one attached hydrogen (secondary N) is 1. The van der Waals surface area contributed by atoms with Crippen LogP contribution in [0, 0.1) is 0 Å². The van der Waals surface area contributed by atoms with Crippen LogP contribution < -0.4 is 11.1 Å². The number of aromatic nitrogens is 4. The third-order valence-electron chi connectivity index (χ3n) is 1.81. The molecule has 76 valence electrons. The summed E-state index contributed by atoms with van der Waals surface area (Å²) in [6.45, 7) is 0.547. The molecule has 0 radical (unpaired) electrons. The lowest BCUT2D eigenvalue weighted by molar-refractivity contribution is 0.993. The summed E-state index contributed by atoms with van der Waals surface area (Å²) in [4.78, 5) is 15.8. The van der Waals surface area contributed by atoms with Crippen molar-refractivity contribution in [1.29, 1.82) is 0 Å². The van der Waals surface area contributed by atoms with Crippen LogP contribution >= 0.6 is 0 Å². The summed E-state index contributed by atoms with van der Waals surface area (Å²) in [6, 6.07) is 1.82. The van der Waals surface area contributed by atoms with E-state index >= 15 is 0 Å². The highest BCUT2D eigenvalue weighted by molar-refractivity contribution is 5.54. The zero-order chi connectivity index (χ0) is 10.5. The summed E-state index contributed by atoms with van der Waals surface area (Å²) in [5.41, 5.74) is 6.49. The fourth-order valence-corrected chi connectivity index (χ4v) is 1.08. The van der Waals surface area contributed by atoms with Crippen LogP contribution in [0.5, 0.6) is 0 Å². The van der Waals surface area contributed by atoms with E-state index in [9.17, 15) is 0 Å². The van der Waals surface area contributed by atoms with Crippen molar-refractivity contribution in [2.24, 2.45) is 0 Å². The largest absolute Gasteiger partial charge is 0.381 e. The van der Waals surface area contributed by atoms with Gasteiger partial charge in [-0.25, -0.2) is 19.9 Å². The van der Waals surface area contributed by atoms with Crippen LogP contribution in [0.2, 0.25) is 0 Å². The number of nitrogens with zero attached hydrogens (tertiary/aromatic N) is 4. The average molecular weight is 202 g/mol. The molecule has 0 spiro atoms. The van der Waals surface area contributed by atoms with Crippen molar-refractivity contribution >= 4 is 11.6 Å². The first kappa shape index (κ1) is 9.32. The van der Waals surface area contributed by atoms with Crippen molar-refractivity contribution in [3.8, 4) is 0 Å². The summed E-state index contributed by atoms with van der Waals surface area (Å²) >= 11 is 0. The van der Waals surface area contributed by atoms with Crippen molar-refractivity contribution < 1.29 is 0 Å². The zero-order valence-corrected chi connectivity index (χ0v) is 7.96. The maximum Gasteiger partial charge on any atom is 0.169 e. The number of rotatable bonds is 3. The fourth-order valence-electron chi connectivity index (χ4n) is 1.08. The molecule has 2 aromatic heterocycles. The van der Waals surface area contributed by atoms with Gasteiger partial charge in [-0.1, -0.05) is 0 Å². The van der Waals surface area contributed by atoms with Gasteiger partial charge in [0.2, 0.25) is 0 Å². The van der Waals surface area contributed by atoms with Gasteiger partial charge >= 0.3 is 0 Å². The predicted molar refractivity (Wildman–Crippen MR) is 55.8 cm³/mol. The molecule has 0 amide bonds. The molecule has 0 bridgehead atoms. The van der Waals surface area contributed by atoms with Crippen LogP contribution in [0.4, 0.5) is 11.6 Å². The summed E-state index contributed by atoms with van der Waals surface area (Å²) < 4.78 is 0. The van der Waals surface area contributed by atoms with Gasteiger partial charge in [-0.3, -0.25) is 0 Å². The van der Waals surface area contributed by atoms with Crippen molar-refractivity contribution in [2.45, 2.75) is 6.54 Å². The highest BCUT2D eigenvalue weighted by Crippen LogP contribution is 2.10. The summed E-state index contributed by atoms with van der Waals surface area (Å²) in [5, 5.41) is 3.04. The lowest BCUT2D eigenvalue weighted by Gasteiger charge is -2.05. The molecule has 15 heavy (non-hydrogen) atoms. The normalized spacial score (nSPS) is 9.87. The molecule has 6 nitrogen and oxygen atoms in total. The Hall–Kier alpha value is -2.24. The third-order valence-corrected chi connectivity index (χ3v) is 1.81. The molecule has 0 saturated carbocycles. The fraction of sp³-hybridized carbons (Fsp3) is 0.111. The van der Waals surface area contributed by atoms with Gasteiger partial charge in [-0.15, -0.1) is 0 Å². The van der Waals surface area contributed by atoms with E-state index < -0.39 is 0 Å². The van der Waals surface area contributed by atoms with E-state index in [4.69, 9.17) is 5.73 Å². The molecule has 0 atom stereocenters. The Kier molecular flexibility index (Phi) is 2.68. The van der Waals surface area contributed by atoms with Crippen molar-refractivity contribution in [2.75, 3.05) is 11.1 Å². The predicted octanol–water partition coefficient (Wildman–Crippen LogP) is 0.461. The maximum absolute atomic E-state index is 5.62. The van der Waals surface area contributed by atoms with Gasteiger partial charge < -0.3 is 11.1 Å². The van der Waals surface area contributed by atoms with Crippen molar-refractivity contribution in [3.05, 3.63) is 36.7 Å². The molecular weight excluding hydrogens is 192 g/mol. The van der Waals surface area contributed by atoms with Gasteiger partial charge in [-0.05, 0) is 6.07 Å². The number of nitrogens with two attached hydrogens (primary N) is 1. The minimum Gasteiger partial charge on any atom is -0.381 e. The Morgan fingerprint density at radius 2 is 2.00 bits per heavy atom. The highest BCUT2D eigenvalue weighted by atomic mass is 15.1. The Morgan fingerprint density at radius 3 is 2.73 bits per heavy atom. The van der Waals surface area contributed by atoms with E-state index in [1.54, 1.807) is 18.6 Å². The monoisotopic (exact) mass is 202 g/mol. The molecule has 0 aliphatic heterocycles. The van der Waals surface area contributed by atoms with E-state index in [0.29, 0.717) is 18.2 Å². The van der Waals surface area contributed by atoms with Crippen LogP contribution in [0.25, 0.3) is 0 Å². The number of anilines is 2. The minimum absolute atomic E-state index is 0.381. The van der Waals surface area contributed by atoms with Gasteiger partial charge in [0.25, 0.3) is 0 Å². The molecule has 0 unspecified atom stereocenters. The molecule has 0 saturated heterocycles. The number of hydrogen-bond acceptors (Lipinski definition) is 6. The van der Waals surface area contributed by atoms with Crippen LogP contribution in [0.1, 0.15) is 5.69 Å². The summed E-state index contributed by atoms with van der Waals surface area (Å²) in [5.74, 6) is 0.947. The second kappa shape index (κ2) is 4.32. The summed E-state index contributed by atoms with van der Waals surface area (Å²) in [6.07, 6.45) is 6.31. The Labute approximate surface area is 86.6 Å². The van der Waals surface area contributed by atoms with E-state index in [1.807, 2.05) is 6.07 Å². The molecular formula is C9H10N6. The van der Waals surface area contributed by atoms with E-state index in [2.05, 4.69) is 25.3 Å². The second-order valence-electron chi connectivity index (χ2n) is 2.84. The van der Waals surface area contributed by atoms with E-state index in [-0.39, 0.29) is 0 Å². The maximum atomic E-state index is 5.62. The lowest BCUT2D eigenvalue weighted by atomic mass is 10.4. The molecule has 0 aromatic carbocycles. The summed E-state index contributed by atoms with van der Waals surface area (Å²) in [7, 11) is 0. The van der Waals surface area contributed by atoms with Crippen LogP contribution in [-0.4, -0.2) is 19.9 Å². The average Bonchev–Trinajstić information content (AvgIpc) is 2.29. The van der Waals surface area contributed by atoms with Crippen LogP contribution in [0.3, 0.4) is 0 Å². The first-order valence-corrected chi connectivity index (χ1v) is 4.41. The van der Waals surface area contributed by atoms with Gasteiger partial charge in [0.05, 0.1) is 12.2 Å². The first-order chi connectivity index (χ1) is 7.36. The Bertz CT molecular complexity index is 430. The van der Waals surface area contributed by atoms with Gasteiger partial charge in [0, 0.05) is 18.6 Å². The molecule has 0 aliphatic carbocycles. The SMILES string of the molecule is Nc1nccnc1NCc1ccncn1. The van der Waals surface area contributed by atoms with Crippen LogP contribution in [0.15, 0.2) is 31.0 Å². The first-order valence-electron chi connectivity index (χ1n) is 4.41. The standard InChI is InChI=1S/C9H10N6/c10-8-9(13-4-3-12-8)14-5-7-1-2-11-6-15-7/h1-4,6H,5H2,(H2,10,12)(H,13,14). The molecule has 3 N–H and O–H groups in total. The van der Waals surface area contributed by atoms with Gasteiger partial charge in [-0.2, -0.15) is 0 Å². The molecule has 0 fully saturated rings. The van der Waals surface area contributed by atoms with Gasteiger partial charge in [0.1, 0.15) is 6.33 Å². The number of hydrogen-bond donors (Lipinski definition) is 2. The molecule has 2 rings (SSSR count). The number of nitrogen functional groups attached to an aromatic ring is 1. The molecule has 0 aliphatic rings. The third kappa shape index (κ3) is 2.37. The smallest absolute Gasteiger partial charge is 0.169 e. The van der Waals surface area contributed by atoms with E-state index in [0.717, 1.165) is 5.69 Å². The lowest BCUT2D eigenvalue weighted by Crippen LogP contribution is -2.06.